The van der Waals surface area contributed by atoms with Crippen LogP contribution in [0.2, 0.25) is 0 Å². The molecule has 5 nitrogen and oxygen atoms in total. The Morgan fingerprint density at radius 1 is 1.15 bits per heavy atom. The molecule has 3 fully saturated rings. The largest absolute Gasteiger partial charge is 0.369 e. The molecule has 184 valence electrons. The summed E-state index contributed by atoms with van der Waals surface area (Å²) in [5.74, 6) is 1.48. The Balaban J connectivity index is 1.47. The first-order valence-electron chi connectivity index (χ1n) is 12.8. The minimum absolute atomic E-state index is 0.0346. The number of nitrogens with one attached hydrogen (secondary N) is 1. The second-order valence-electron chi connectivity index (χ2n) is 11.5. The monoisotopic (exact) mass is 473 g/mol. The van der Waals surface area contributed by atoms with Crippen molar-refractivity contribution in [2.24, 2.45) is 22.7 Å². The summed E-state index contributed by atoms with van der Waals surface area (Å²) >= 11 is 0. The molecular weight excluding hydrogens is 430 g/mol. The van der Waals surface area contributed by atoms with Crippen LogP contribution in [-0.2, 0) is 10.0 Å². The Bertz CT molecular complexity index is 977. The molecule has 1 saturated heterocycles. The summed E-state index contributed by atoms with van der Waals surface area (Å²) in [5, 5.41) is 3.53. The molecule has 2 atom stereocenters. The summed E-state index contributed by atoms with van der Waals surface area (Å²) in [4.78, 5) is 2.33. The quantitative estimate of drug-likeness (QED) is 0.448. The fourth-order valence-corrected chi connectivity index (χ4v) is 8.84. The van der Waals surface area contributed by atoms with Crippen molar-refractivity contribution < 1.29 is 8.42 Å². The lowest BCUT2D eigenvalue weighted by Gasteiger charge is -2.42. The lowest BCUT2D eigenvalue weighted by molar-refractivity contribution is 0.179. The highest BCUT2D eigenvalue weighted by atomic mass is 32.2. The van der Waals surface area contributed by atoms with Crippen LogP contribution in [0.1, 0.15) is 52.5 Å². The average molecular weight is 474 g/mol. The molecule has 6 heteroatoms. The predicted molar refractivity (Wildman–Crippen MR) is 138 cm³/mol. The van der Waals surface area contributed by atoms with Crippen LogP contribution in [0.4, 0.5) is 5.69 Å². The molecule has 1 aromatic carbocycles. The van der Waals surface area contributed by atoms with Gasteiger partial charge in [-0.1, -0.05) is 57.5 Å². The highest BCUT2D eigenvalue weighted by Crippen LogP contribution is 2.68. The van der Waals surface area contributed by atoms with E-state index in [0.29, 0.717) is 24.9 Å². The number of aryl methyl sites for hydroxylation is 1. The normalized spacial score (nSPS) is 28.8. The van der Waals surface area contributed by atoms with Gasteiger partial charge in [-0.25, -0.2) is 8.42 Å². The molecule has 2 bridgehead atoms. The summed E-state index contributed by atoms with van der Waals surface area (Å²) in [6.45, 7) is 15.7. The van der Waals surface area contributed by atoms with Crippen molar-refractivity contribution in [3.63, 3.8) is 0 Å². The second kappa shape index (κ2) is 9.35. The van der Waals surface area contributed by atoms with Crippen LogP contribution in [0.25, 0.3) is 0 Å². The number of nitrogens with zero attached hydrogens (tertiary/aromatic N) is 2. The van der Waals surface area contributed by atoms with E-state index >= 15 is 0 Å². The van der Waals surface area contributed by atoms with Gasteiger partial charge in [0.05, 0.1) is 5.75 Å². The van der Waals surface area contributed by atoms with Crippen molar-refractivity contribution >= 4 is 15.7 Å². The first-order valence-corrected chi connectivity index (χ1v) is 14.4. The van der Waals surface area contributed by atoms with Crippen molar-refractivity contribution in [3.05, 3.63) is 41.5 Å². The smallest absolute Gasteiger partial charge is 0.215 e. The highest BCUT2D eigenvalue weighted by molar-refractivity contribution is 7.89. The molecule has 0 amide bonds. The third-order valence-corrected chi connectivity index (χ3v) is 10.8. The van der Waals surface area contributed by atoms with E-state index in [1.807, 2.05) is 0 Å². The lowest BCUT2D eigenvalue weighted by atomic mass is 9.69. The Labute approximate surface area is 201 Å². The first kappa shape index (κ1) is 24.7. The molecule has 1 N–H and O–H groups in total. The maximum atomic E-state index is 13.8. The number of benzene rings is 1. The van der Waals surface area contributed by atoms with E-state index in [1.54, 1.807) is 4.31 Å². The summed E-state index contributed by atoms with van der Waals surface area (Å²) < 4.78 is 29.3. The van der Waals surface area contributed by atoms with Crippen molar-refractivity contribution in [1.82, 2.24) is 9.62 Å². The third kappa shape index (κ3) is 4.63. The van der Waals surface area contributed by atoms with Crippen molar-refractivity contribution in [2.75, 3.05) is 49.9 Å². The van der Waals surface area contributed by atoms with Crippen LogP contribution in [-0.4, -0.2) is 57.7 Å². The fourth-order valence-electron chi connectivity index (χ4n) is 6.61. The van der Waals surface area contributed by atoms with Gasteiger partial charge in [-0.15, -0.1) is 0 Å². The van der Waals surface area contributed by atoms with Gasteiger partial charge in [-0.3, -0.25) is 0 Å². The fraction of sp³-hybridized carbons (Fsp3) is 0.704. The summed E-state index contributed by atoms with van der Waals surface area (Å²) in [6, 6.07) is 8.39. The van der Waals surface area contributed by atoms with Crippen LogP contribution < -0.4 is 10.2 Å². The average Bonchev–Trinajstić information content (AvgIpc) is 3.12. The number of piperazine rings is 1. The maximum absolute atomic E-state index is 13.8. The molecule has 33 heavy (non-hydrogen) atoms. The molecule has 0 spiro atoms. The van der Waals surface area contributed by atoms with E-state index in [2.05, 4.69) is 75.2 Å². The van der Waals surface area contributed by atoms with Gasteiger partial charge in [0.2, 0.25) is 10.0 Å². The number of sulfonamides is 1. The Kier molecular flexibility index (Phi) is 7.01. The molecule has 1 aliphatic heterocycles. The minimum Gasteiger partial charge on any atom is -0.369 e. The number of allylic oxidation sites excluding steroid dienone is 1. The van der Waals surface area contributed by atoms with E-state index in [1.165, 1.54) is 16.8 Å². The van der Waals surface area contributed by atoms with Crippen LogP contribution in [0.15, 0.2) is 35.9 Å². The van der Waals surface area contributed by atoms with Crippen LogP contribution in [0, 0.1) is 29.6 Å². The van der Waals surface area contributed by atoms with E-state index < -0.39 is 10.0 Å². The lowest BCUT2D eigenvalue weighted by Crippen LogP contribution is -2.52. The summed E-state index contributed by atoms with van der Waals surface area (Å²) in [5.41, 5.74) is 3.68. The van der Waals surface area contributed by atoms with Crippen LogP contribution in [0.5, 0.6) is 0 Å². The van der Waals surface area contributed by atoms with E-state index in [0.717, 1.165) is 45.4 Å². The van der Waals surface area contributed by atoms with Gasteiger partial charge in [0.15, 0.2) is 0 Å². The molecule has 2 saturated carbocycles. The van der Waals surface area contributed by atoms with Gasteiger partial charge in [0.25, 0.3) is 0 Å². The Morgan fingerprint density at radius 2 is 1.85 bits per heavy atom. The molecule has 0 aromatic heterocycles. The number of fused-ring (bicyclic) bond motifs is 2. The zero-order valence-corrected chi connectivity index (χ0v) is 22.0. The number of hydrogen-bond donors (Lipinski definition) is 1. The van der Waals surface area contributed by atoms with E-state index in [4.69, 9.17) is 0 Å². The maximum Gasteiger partial charge on any atom is 0.215 e. The number of hydrogen-bond acceptors (Lipinski definition) is 4. The standard InChI is InChI=1S/C27H43N3O2S/c1-21(2)19-28-13-11-24-18-23-10-12-27(24,26(23,4)5)20-33(31,32)30-16-14-29(15-17-30)25-9-7-6-8-22(25)3/h6-9,11,21,23,28H,10,12-20H2,1-5H3. The van der Waals surface area contributed by atoms with E-state index in [9.17, 15) is 8.42 Å². The SMILES string of the molecule is Cc1ccccc1N1CCN(S(=O)(=O)CC23CCC(CC2=CCNCC(C)C)C3(C)C)CC1. The van der Waals surface area contributed by atoms with Gasteiger partial charge in [-0.05, 0) is 61.6 Å². The Hall–Kier alpha value is -1.37. The molecule has 1 heterocycles. The van der Waals surface area contributed by atoms with Gasteiger partial charge < -0.3 is 10.2 Å². The van der Waals surface area contributed by atoms with Crippen molar-refractivity contribution in [2.45, 2.75) is 53.9 Å². The highest BCUT2D eigenvalue weighted by Gasteiger charge is 2.63. The zero-order chi connectivity index (χ0) is 23.9. The molecule has 2 aliphatic carbocycles. The minimum atomic E-state index is -3.33. The van der Waals surface area contributed by atoms with Crippen LogP contribution in [0.3, 0.4) is 0 Å². The predicted octanol–water partition coefficient (Wildman–Crippen LogP) is 4.45. The van der Waals surface area contributed by atoms with Crippen molar-refractivity contribution in [3.8, 4) is 0 Å². The van der Waals surface area contributed by atoms with E-state index in [-0.39, 0.29) is 16.6 Å². The topological polar surface area (TPSA) is 52.7 Å². The number of rotatable bonds is 8. The molecular formula is C27H43N3O2S. The summed E-state index contributed by atoms with van der Waals surface area (Å²) in [7, 11) is -3.33. The van der Waals surface area contributed by atoms with Gasteiger partial charge in [0.1, 0.15) is 0 Å². The molecule has 4 rings (SSSR count). The van der Waals surface area contributed by atoms with Crippen molar-refractivity contribution in [1.29, 1.82) is 0 Å². The van der Waals surface area contributed by atoms with Gasteiger partial charge >= 0.3 is 0 Å². The molecule has 1 aromatic rings. The summed E-state index contributed by atoms with van der Waals surface area (Å²) in [6.07, 6.45) is 5.55. The molecule has 3 aliphatic rings. The molecule has 0 radical (unpaired) electrons. The number of para-hydroxylation sites is 1. The van der Waals surface area contributed by atoms with Gasteiger partial charge in [0, 0.05) is 43.8 Å². The van der Waals surface area contributed by atoms with Gasteiger partial charge in [-0.2, -0.15) is 4.31 Å². The second-order valence-corrected chi connectivity index (χ2v) is 13.4. The zero-order valence-electron chi connectivity index (χ0n) is 21.2. The molecule has 2 unspecified atom stereocenters. The van der Waals surface area contributed by atoms with Crippen LogP contribution >= 0.6 is 0 Å². The Morgan fingerprint density at radius 3 is 2.48 bits per heavy atom. The first-order chi connectivity index (χ1) is 15.6. The number of anilines is 1. The third-order valence-electron chi connectivity index (χ3n) is 8.82.